The number of nitrogens with one attached hydrogen (secondary N) is 1. The van der Waals surface area contributed by atoms with Crippen LogP contribution < -0.4 is 5.32 Å². The van der Waals surface area contributed by atoms with Crippen LogP contribution in [0.3, 0.4) is 0 Å². The molecule has 1 N–H and O–H groups in total. The number of halogens is 1. The van der Waals surface area contributed by atoms with Gasteiger partial charge in [0.25, 0.3) is 5.91 Å². The lowest BCUT2D eigenvalue weighted by molar-refractivity contribution is -0.148. The van der Waals surface area contributed by atoms with Gasteiger partial charge in [0, 0.05) is 6.20 Å². The van der Waals surface area contributed by atoms with Crippen LogP contribution in [0.5, 0.6) is 0 Å². The molecule has 0 radical (unpaired) electrons. The summed E-state index contributed by atoms with van der Waals surface area (Å²) in [4.78, 5) is 28.3. The number of ether oxygens (including phenoxy) is 1. The molecule has 0 fully saturated rings. The van der Waals surface area contributed by atoms with Crippen LogP contribution in [0.4, 0.5) is 5.69 Å². The van der Waals surface area contributed by atoms with E-state index in [2.05, 4.69) is 24.1 Å². The van der Waals surface area contributed by atoms with Crippen LogP contribution in [0.2, 0.25) is 5.15 Å². The maximum atomic E-state index is 12.3. The number of pyridine rings is 1. The van der Waals surface area contributed by atoms with Gasteiger partial charge in [-0.25, -0.2) is 9.78 Å². The highest BCUT2D eigenvalue weighted by Crippen LogP contribution is 2.19. The molecular weight excluding hydrogens is 378 g/mol. The number of nitriles is 1. The first kappa shape index (κ1) is 21.1. The Kier molecular flexibility index (Phi) is 7.30. The largest absolute Gasteiger partial charge is 0.448 e. The fourth-order valence-electron chi connectivity index (χ4n) is 2.27. The number of hydrogen-bond acceptors (Lipinski definition) is 5. The minimum absolute atomic E-state index is 0.122. The summed E-state index contributed by atoms with van der Waals surface area (Å²) in [5.74, 6) is -1.08. The predicted molar refractivity (Wildman–Crippen MR) is 108 cm³/mol. The number of amides is 1. The van der Waals surface area contributed by atoms with E-state index in [-0.39, 0.29) is 10.7 Å². The molecule has 7 heteroatoms. The lowest BCUT2D eigenvalue weighted by Gasteiger charge is -2.13. The van der Waals surface area contributed by atoms with Crippen LogP contribution in [0, 0.1) is 11.3 Å². The lowest BCUT2D eigenvalue weighted by Crippen LogP contribution is -2.30. The van der Waals surface area contributed by atoms with Crippen molar-refractivity contribution < 1.29 is 14.3 Å². The summed E-state index contributed by atoms with van der Waals surface area (Å²) >= 11 is 5.89. The lowest BCUT2D eigenvalue weighted by atomic mass is 10.0. The van der Waals surface area contributed by atoms with Gasteiger partial charge in [-0.15, -0.1) is 0 Å². The highest BCUT2D eigenvalue weighted by Gasteiger charge is 2.21. The molecule has 144 valence electrons. The summed E-state index contributed by atoms with van der Waals surface area (Å²) < 4.78 is 5.11. The van der Waals surface area contributed by atoms with E-state index in [0.717, 1.165) is 5.56 Å². The maximum absolute atomic E-state index is 12.3. The van der Waals surface area contributed by atoms with E-state index in [9.17, 15) is 14.9 Å². The first-order valence-corrected chi connectivity index (χ1v) is 9.03. The fraction of sp³-hybridized carbons (Fsp3) is 0.238. The second-order valence-electron chi connectivity index (χ2n) is 6.37. The molecule has 1 atom stereocenters. The molecule has 28 heavy (non-hydrogen) atoms. The van der Waals surface area contributed by atoms with Gasteiger partial charge in [0.15, 0.2) is 11.3 Å². The Morgan fingerprint density at radius 3 is 2.46 bits per heavy atom. The zero-order valence-electron chi connectivity index (χ0n) is 15.8. The molecule has 0 aliphatic carbocycles. The third-order valence-electron chi connectivity index (χ3n) is 3.92. The minimum Gasteiger partial charge on any atom is -0.448 e. The third-order valence-corrected chi connectivity index (χ3v) is 4.23. The van der Waals surface area contributed by atoms with Gasteiger partial charge < -0.3 is 10.1 Å². The van der Waals surface area contributed by atoms with Crippen molar-refractivity contribution in [1.82, 2.24) is 4.98 Å². The summed E-state index contributed by atoms with van der Waals surface area (Å²) in [6, 6.07) is 12.5. The van der Waals surface area contributed by atoms with Crippen molar-refractivity contribution in [2.24, 2.45) is 0 Å². The van der Waals surface area contributed by atoms with E-state index in [1.807, 2.05) is 30.3 Å². The molecular formula is C21H20ClN3O3. The monoisotopic (exact) mass is 397 g/mol. The van der Waals surface area contributed by atoms with E-state index in [1.165, 1.54) is 19.2 Å². The summed E-state index contributed by atoms with van der Waals surface area (Å²) in [5.41, 5.74) is 1.95. The van der Waals surface area contributed by atoms with Gasteiger partial charge in [-0.3, -0.25) is 4.79 Å². The molecule has 0 aliphatic heterocycles. The number of anilines is 1. The maximum Gasteiger partial charge on any atom is 0.349 e. The van der Waals surface area contributed by atoms with Crippen LogP contribution >= 0.6 is 11.6 Å². The normalized spacial score (nSPS) is 12.2. The average Bonchev–Trinajstić information content (AvgIpc) is 2.67. The quantitative estimate of drug-likeness (QED) is 0.339. The summed E-state index contributed by atoms with van der Waals surface area (Å²) in [6.07, 6.45) is 1.79. The number of benzene rings is 1. The van der Waals surface area contributed by atoms with Crippen LogP contribution in [0.1, 0.15) is 37.8 Å². The summed E-state index contributed by atoms with van der Waals surface area (Å²) in [7, 11) is 0. The van der Waals surface area contributed by atoms with Crippen molar-refractivity contribution in [3.05, 3.63) is 64.4 Å². The van der Waals surface area contributed by atoms with Crippen LogP contribution in [-0.4, -0.2) is 23.0 Å². The minimum atomic E-state index is -1.12. The molecule has 1 aromatic carbocycles. The van der Waals surface area contributed by atoms with Crippen molar-refractivity contribution in [3.8, 4) is 6.07 Å². The van der Waals surface area contributed by atoms with Crippen LogP contribution in [0.15, 0.2) is 48.2 Å². The van der Waals surface area contributed by atoms with Crippen molar-refractivity contribution >= 4 is 35.2 Å². The first-order valence-electron chi connectivity index (χ1n) is 8.66. The SMILES string of the molecule is CC(C)c1ccc(/C=C(\C#N)C(=O)O[C@H](C)C(=O)Nc2cccnc2Cl)cc1. The van der Waals surface area contributed by atoms with Gasteiger partial charge >= 0.3 is 5.97 Å². The van der Waals surface area contributed by atoms with Gasteiger partial charge in [-0.1, -0.05) is 49.7 Å². The Labute approximate surface area is 168 Å². The topological polar surface area (TPSA) is 92.1 Å². The summed E-state index contributed by atoms with van der Waals surface area (Å²) in [5, 5.41) is 11.9. The standard InChI is InChI=1S/C21H20ClN3O3/c1-13(2)16-8-6-15(7-9-16)11-17(12-23)21(27)28-14(3)20(26)25-18-5-4-10-24-19(18)22/h4-11,13-14H,1-3H3,(H,25,26)/b17-11+/t14-/m1/s1. The fourth-order valence-corrected chi connectivity index (χ4v) is 2.44. The molecule has 1 heterocycles. The summed E-state index contributed by atoms with van der Waals surface area (Å²) in [6.45, 7) is 5.56. The van der Waals surface area contributed by atoms with Crippen molar-refractivity contribution in [3.63, 3.8) is 0 Å². The van der Waals surface area contributed by atoms with E-state index < -0.39 is 18.0 Å². The molecule has 0 aliphatic rings. The molecule has 6 nitrogen and oxygen atoms in total. The van der Waals surface area contributed by atoms with Gasteiger partial charge in [-0.05, 0) is 42.2 Å². The zero-order valence-corrected chi connectivity index (χ0v) is 16.5. The molecule has 2 aromatic rings. The Morgan fingerprint density at radius 1 is 1.21 bits per heavy atom. The highest BCUT2D eigenvalue weighted by atomic mass is 35.5. The number of hydrogen-bond donors (Lipinski definition) is 1. The predicted octanol–water partition coefficient (Wildman–Crippen LogP) is 4.34. The van der Waals surface area contributed by atoms with E-state index >= 15 is 0 Å². The zero-order chi connectivity index (χ0) is 20.7. The van der Waals surface area contributed by atoms with Crippen molar-refractivity contribution in [2.75, 3.05) is 5.32 Å². The number of carbonyl (C=O) groups excluding carboxylic acids is 2. The Balaban J connectivity index is 2.05. The second kappa shape index (κ2) is 9.67. The highest BCUT2D eigenvalue weighted by molar-refractivity contribution is 6.32. The Hall–Kier alpha value is -3.17. The number of carbonyl (C=O) groups is 2. The number of aromatic nitrogens is 1. The van der Waals surface area contributed by atoms with Gasteiger partial charge in [0.1, 0.15) is 11.6 Å². The molecule has 1 aromatic heterocycles. The van der Waals surface area contributed by atoms with E-state index in [0.29, 0.717) is 17.2 Å². The molecule has 0 spiro atoms. The smallest absolute Gasteiger partial charge is 0.349 e. The number of esters is 1. The van der Waals surface area contributed by atoms with Crippen LogP contribution in [0.25, 0.3) is 6.08 Å². The number of nitrogens with zero attached hydrogens (tertiary/aromatic N) is 2. The Morgan fingerprint density at radius 2 is 1.89 bits per heavy atom. The molecule has 0 saturated carbocycles. The molecule has 2 rings (SSSR count). The van der Waals surface area contributed by atoms with Gasteiger partial charge in [0.05, 0.1) is 5.69 Å². The van der Waals surface area contributed by atoms with Crippen molar-refractivity contribution in [2.45, 2.75) is 32.8 Å². The second-order valence-corrected chi connectivity index (χ2v) is 6.73. The number of rotatable bonds is 6. The molecule has 1 amide bonds. The molecule has 0 saturated heterocycles. The van der Waals surface area contributed by atoms with Gasteiger partial charge in [0.2, 0.25) is 0 Å². The molecule has 0 unspecified atom stereocenters. The van der Waals surface area contributed by atoms with Crippen molar-refractivity contribution in [1.29, 1.82) is 5.26 Å². The first-order chi connectivity index (χ1) is 13.3. The average molecular weight is 398 g/mol. The Bertz CT molecular complexity index is 931. The van der Waals surface area contributed by atoms with Crippen LogP contribution in [-0.2, 0) is 14.3 Å². The molecule has 0 bridgehead atoms. The van der Waals surface area contributed by atoms with E-state index in [4.69, 9.17) is 16.3 Å². The third kappa shape index (κ3) is 5.66. The van der Waals surface area contributed by atoms with E-state index in [1.54, 1.807) is 12.1 Å². The van der Waals surface area contributed by atoms with Gasteiger partial charge in [-0.2, -0.15) is 5.26 Å².